The Labute approximate surface area is 113 Å². The quantitative estimate of drug-likeness (QED) is 0.788. The molecule has 3 nitrogen and oxygen atoms in total. The Bertz CT molecular complexity index is 678. The van der Waals surface area contributed by atoms with E-state index in [1.54, 1.807) is 6.20 Å². The molecule has 0 aliphatic rings. The summed E-state index contributed by atoms with van der Waals surface area (Å²) in [4.78, 5) is 4.29. The van der Waals surface area contributed by atoms with Crippen molar-refractivity contribution in [1.82, 2.24) is 4.98 Å². The summed E-state index contributed by atoms with van der Waals surface area (Å²) in [7, 11) is 0. The van der Waals surface area contributed by atoms with E-state index >= 15 is 0 Å². The molecule has 0 atom stereocenters. The third kappa shape index (κ3) is 2.38. The van der Waals surface area contributed by atoms with E-state index in [1.165, 1.54) is 0 Å². The molecule has 0 radical (unpaired) electrons. The molecule has 3 rings (SSSR count). The number of benzene rings is 1. The fourth-order valence-electron chi connectivity index (χ4n) is 1.82. The van der Waals surface area contributed by atoms with Gasteiger partial charge in [0.15, 0.2) is 4.67 Å². The number of nitrogens with one attached hydrogen (secondary N) is 1. The molecule has 0 aliphatic heterocycles. The van der Waals surface area contributed by atoms with Gasteiger partial charge in [0.2, 0.25) is 0 Å². The van der Waals surface area contributed by atoms with E-state index in [2.05, 4.69) is 38.4 Å². The molecule has 1 aromatic carbocycles. The van der Waals surface area contributed by atoms with E-state index < -0.39 is 0 Å². The van der Waals surface area contributed by atoms with Crippen LogP contribution in [0.15, 0.2) is 57.7 Å². The van der Waals surface area contributed by atoms with Crippen molar-refractivity contribution in [3.8, 4) is 0 Å². The van der Waals surface area contributed by atoms with E-state index in [9.17, 15) is 0 Å². The maximum atomic E-state index is 5.43. The summed E-state index contributed by atoms with van der Waals surface area (Å²) < 4.78 is 6.19. The lowest BCUT2D eigenvalue weighted by molar-refractivity contribution is 0.495. The largest absolute Gasteiger partial charge is 0.452 e. The minimum Gasteiger partial charge on any atom is -0.452 e. The average molecular weight is 303 g/mol. The number of pyridine rings is 1. The molecule has 0 bridgehead atoms. The molecule has 18 heavy (non-hydrogen) atoms. The summed E-state index contributed by atoms with van der Waals surface area (Å²) in [6.07, 6.45) is 1.80. The van der Waals surface area contributed by atoms with Gasteiger partial charge in [-0.15, -0.1) is 0 Å². The molecule has 3 aromatic rings. The van der Waals surface area contributed by atoms with Gasteiger partial charge in [-0.1, -0.05) is 6.07 Å². The summed E-state index contributed by atoms with van der Waals surface area (Å²) in [5.41, 5.74) is 2.06. The standard InChI is InChI=1S/C14H11BrN2O/c15-14-6-4-12(18-14)9-17-11-3-5-13-10(8-11)2-1-7-16-13/h1-8,17H,9H2. The SMILES string of the molecule is Brc1ccc(CNc2ccc3ncccc3c2)o1. The van der Waals surface area contributed by atoms with Crippen LogP contribution in [-0.2, 0) is 6.54 Å². The monoisotopic (exact) mass is 302 g/mol. The third-order valence-electron chi connectivity index (χ3n) is 2.70. The van der Waals surface area contributed by atoms with Crippen molar-refractivity contribution >= 4 is 32.5 Å². The van der Waals surface area contributed by atoms with Crippen LogP contribution < -0.4 is 5.32 Å². The average Bonchev–Trinajstić information content (AvgIpc) is 2.82. The lowest BCUT2D eigenvalue weighted by Crippen LogP contribution is -1.97. The molecule has 0 saturated heterocycles. The number of halogens is 1. The molecule has 0 fully saturated rings. The van der Waals surface area contributed by atoms with Crippen LogP contribution in [0.1, 0.15) is 5.76 Å². The zero-order chi connectivity index (χ0) is 12.4. The molecular formula is C14H11BrN2O. The van der Waals surface area contributed by atoms with Gasteiger partial charge in [0.05, 0.1) is 12.1 Å². The maximum absolute atomic E-state index is 5.43. The van der Waals surface area contributed by atoms with Crippen LogP contribution in [0.25, 0.3) is 10.9 Å². The number of nitrogens with zero attached hydrogens (tertiary/aromatic N) is 1. The number of furan rings is 1. The van der Waals surface area contributed by atoms with E-state index in [0.717, 1.165) is 27.0 Å². The molecule has 0 unspecified atom stereocenters. The predicted molar refractivity (Wildman–Crippen MR) is 75.5 cm³/mol. The minimum absolute atomic E-state index is 0.664. The van der Waals surface area contributed by atoms with E-state index in [4.69, 9.17) is 4.42 Å². The van der Waals surface area contributed by atoms with Crippen molar-refractivity contribution in [1.29, 1.82) is 0 Å². The number of rotatable bonds is 3. The Balaban J connectivity index is 1.78. The summed E-state index contributed by atoms with van der Waals surface area (Å²) in [6.45, 7) is 0.664. The van der Waals surface area contributed by atoms with Crippen molar-refractivity contribution in [2.75, 3.05) is 5.32 Å². The van der Waals surface area contributed by atoms with E-state index in [1.807, 2.05) is 30.3 Å². The van der Waals surface area contributed by atoms with Gasteiger partial charge in [-0.25, -0.2) is 0 Å². The Morgan fingerprint density at radius 1 is 1.17 bits per heavy atom. The van der Waals surface area contributed by atoms with Crippen LogP contribution in [0.3, 0.4) is 0 Å². The molecule has 1 N–H and O–H groups in total. The zero-order valence-electron chi connectivity index (χ0n) is 9.56. The van der Waals surface area contributed by atoms with Crippen molar-refractivity contribution in [2.45, 2.75) is 6.54 Å². The normalized spacial score (nSPS) is 10.7. The Morgan fingerprint density at radius 3 is 2.94 bits per heavy atom. The second kappa shape index (κ2) is 4.82. The summed E-state index contributed by atoms with van der Waals surface area (Å²) in [5, 5.41) is 4.45. The minimum atomic E-state index is 0.664. The molecule has 0 spiro atoms. The number of hydrogen-bond acceptors (Lipinski definition) is 3. The van der Waals surface area contributed by atoms with Gasteiger partial charge in [0, 0.05) is 17.3 Å². The van der Waals surface area contributed by atoms with Crippen LogP contribution in [0.5, 0.6) is 0 Å². The predicted octanol–water partition coefficient (Wildman–Crippen LogP) is 4.20. The number of anilines is 1. The highest BCUT2D eigenvalue weighted by molar-refractivity contribution is 9.10. The first-order valence-corrected chi connectivity index (χ1v) is 6.43. The third-order valence-corrected chi connectivity index (χ3v) is 3.12. The first-order chi connectivity index (χ1) is 8.81. The number of hydrogen-bond donors (Lipinski definition) is 1. The zero-order valence-corrected chi connectivity index (χ0v) is 11.1. The fraction of sp³-hybridized carbons (Fsp3) is 0.0714. The first kappa shape index (κ1) is 11.3. The highest BCUT2D eigenvalue weighted by atomic mass is 79.9. The van der Waals surface area contributed by atoms with Gasteiger partial charge >= 0.3 is 0 Å². The van der Waals surface area contributed by atoms with Crippen LogP contribution in [0.2, 0.25) is 0 Å². The topological polar surface area (TPSA) is 38.1 Å². The van der Waals surface area contributed by atoms with Gasteiger partial charge in [0.1, 0.15) is 5.76 Å². The molecule has 2 heterocycles. The lowest BCUT2D eigenvalue weighted by Gasteiger charge is -2.05. The molecule has 0 saturated carbocycles. The van der Waals surface area contributed by atoms with Gasteiger partial charge in [-0.3, -0.25) is 4.98 Å². The fourth-order valence-corrected chi connectivity index (χ4v) is 2.16. The van der Waals surface area contributed by atoms with Crippen LogP contribution >= 0.6 is 15.9 Å². The Morgan fingerprint density at radius 2 is 2.11 bits per heavy atom. The Kier molecular flexibility index (Phi) is 3.02. The first-order valence-electron chi connectivity index (χ1n) is 5.64. The summed E-state index contributed by atoms with van der Waals surface area (Å²) in [5.74, 6) is 0.896. The Hall–Kier alpha value is -1.81. The highest BCUT2D eigenvalue weighted by Gasteiger charge is 2.00. The van der Waals surface area contributed by atoms with Crippen LogP contribution in [0.4, 0.5) is 5.69 Å². The van der Waals surface area contributed by atoms with Crippen LogP contribution in [-0.4, -0.2) is 4.98 Å². The summed E-state index contributed by atoms with van der Waals surface area (Å²) >= 11 is 3.29. The maximum Gasteiger partial charge on any atom is 0.169 e. The summed E-state index contributed by atoms with van der Waals surface area (Å²) in [6, 6.07) is 13.9. The van der Waals surface area contributed by atoms with Crippen LogP contribution in [0, 0.1) is 0 Å². The van der Waals surface area contributed by atoms with Gasteiger partial charge in [-0.2, -0.15) is 0 Å². The van der Waals surface area contributed by atoms with Crippen molar-refractivity contribution in [2.24, 2.45) is 0 Å². The molecule has 90 valence electrons. The smallest absolute Gasteiger partial charge is 0.169 e. The van der Waals surface area contributed by atoms with Gasteiger partial charge in [-0.05, 0) is 52.3 Å². The molecule has 2 aromatic heterocycles. The second-order valence-electron chi connectivity index (χ2n) is 3.97. The molecule has 0 amide bonds. The number of aromatic nitrogens is 1. The van der Waals surface area contributed by atoms with Crippen molar-refractivity contribution in [3.05, 3.63) is 59.1 Å². The van der Waals surface area contributed by atoms with E-state index in [0.29, 0.717) is 6.54 Å². The molecule has 0 aliphatic carbocycles. The van der Waals surface area contributed by atoms with Gasteiger partial charge in [0.25, 0.3) is 0 Å². The molecular weight excluding hydrogens is 292 g/mol. The second-order valence-corrected chi connectivity index (χ2v) is 4.75. The highest BCUT2D eigenvalue weighted by Crippen LogP contribution is 2.19. The van der Waals surface area contributed by atoms with Crippen molar-refractivity contribution in [3.63, 3.8) is 0 Å². The van der Waals surface area contributed by atoms with E-state index in [-0.39, 0.29) is 0 Å². The molecule has 4 heteroatoms. The lowest BCUT2D eigenvalue weighted by atomic mass is 10.2. The van der Waals surface area contributed by atoms with Crippen molar-refractivity contribution < 1.29 is 4.42 Å². The number of fused-ring (bicyclic) bond motifs is 1. The van der Waals surface area contributed by atoms with Gasteiger partial charge < -0.3 is 9.73 Å².